The Kier molecular flexibility index (Phi) is 10.7. The zero-order valence-corrected chi connectivity index (χ0v) is 12.5. The van der Waals surface area contributed by atoms with Crippen LogP contribution in [-0.4, -0.2) is 19.1 Å². The molecule has 0 aliphatic rings. The Bertz CT molecular complexity index is 282. The van der Waals surface area contributed by atoms with E-state index < -0.39 is 0 Å². The Balaban J connectivity index is 0. The predicted molar refractivity (Wildman–Crippen MR) is 81.9 cm³/mol. The van der Waals surface area contributed by atoms with Crippen LogP contribution in [0.5, 0.6) is 0 Å². The van der Waals surface area contributed by atoms with Crippen LogP contribution in [0.3, 0.4) is 0 Å². The molecule has 0 aromatic heterocycles. The number of hydrogen-bond donors (Lipinski definition) is 1. The summed E-state index contributed by atoms with van der Waals surface area (Å²) in [4.78, 5) is 2.34. The van der Waals surface area contributed by atoms with Gasteiger partial charge in [0.1, 0.15) is 0 Å². The fourth-order valence-corrected chi connectivity index (χ4v) is 1.80. The summed E-state index contributed by atoms with van der Waals surface area (Å²) >= 11 is 0. The molecule has 0 amide bonds. The summed E-state index contributed by atoms with van der Waals surface area (Å²) in [7, 11) is 0. The van der Waals surface area contributed by atoms with E-state index in [9.17, 15) is 0 Å². The third kappa shape index (κ3) is 6.16. The van der Waals surface area contributed by atoms with E-state index in [1.807, 2.05) is 6.92 Å². The van der Waals surface area contributed by atoms with Crippen molar-refractivity contribution in [2.75, 3.05) is 18.0 Å². The Labute approximate surface area is 117 Å². The summed E-state index contributed by atoms with van der Waals surface area (Å²) in [5, 5.41) is 0. The lowest BCUT2D eigenvalue weighted by Crippen LogP contribution is -2.22. The standard InChI is InChI=1S/C13H22N2.2ClH/c1-4-15(5-2)13-8-6-12(7-9-13)10-11(3)14;;/h6-9,11H,4-5,10,14H2,1-3H3;2*1H. The lowest BCUT2D eigenvalue weighted by atomic mass is 10.1. The third-order valence-electron chi connectivity index (χ3n) is 2.62. The first-order chi connectivity index (χ1) is 7.17. The molecule has 0 heterocycles. The molecule has 100 valence electrons. The number of nitrogens with zero attached hydrogens (tertiary/aromatic N) is 1. The fraction of sp³-hybridized carbons (Fsp3) is 0.538. The topological polar surface area (TPSA) is 29.3 Å². The van der Waals surface area contributed by atoms with Crippen LogP contribution in [0.1, 0.15) is 26.3 Å². The van der Waals surface area contributed by atoms with Gasteiger partial charge in [0.25, 0.3) is 0 Å². The Hall–Kier alpha value is -0.440. The van der Waals surface area contributed by atoms with Gasteiger partial charge in [-0.2, -0.15) is 0 Å². The fourth-order valence-electron chi connectivity index (χ4n) is 1.80. The molecule has 2 N–H and O–H groups in total. The Morgan fingerprint density at radius 2 is 1.53 bits per heavy atom. The second kappa shape index (κ2) is 9.58. The number of hydrogen-bond acceptors (Lipinski definition) is 2. The van der Waals surface area contributed by atoms with E-state index in [0.29, 0.717) is 0 Å². The molecule has 1 unspecified atom stereocenters. The molecule has 0 saturated heterocycles. The van der Waals surface area contributed by atoms with Crippen molar-refractivity contribution < 1.29 is 0 Å². The van der Waals surface area contributed by atoms with Crippen molar-refractivity contribution in [2.24, 2.45) is 5.73 Å². The molecule has 1 rings (SSSR count). The van der Waals surface area contributed by atoms with Crippen molar-refractivity contribution in [3.8, 4) is 0 Å². The van der Waals surface area contributed by atoms with E-state index >= 15 is 0 Å². The molecular weight excluding hydrogens is 255 g/mol. The van der Waals surface area contributed by atoms with Gasteiger partial charge in [0.15, 0.2) is 0 Å². The number of halogens is 2. The van der Waals surface area contributed by atoms with Crippen molar-refractivity contribution in [2.45, 2.75) is 33.2 Å². The molecule has 4 heteroatoms. The van der Waals surface area contributed by atoms with Gasteiger partial charge in [-0.3, -0.25) is 0 Å². The van der Waals surface area contributed by atoms with Gasteiger partial charge in [-0.1, -0.05) is 12.1 Å². The molecule has 0 radical (unpaired) electrons. The maximum absolute atomic E-state index is 5.76. The molecule has 0 spiro atoms. The normalized spacial score (nSPS) is 11.1. The van der Waals surface area contributed by atoms with Gasteiger partial charge < -0.3 is 10.6 Å². The van der Waals surface area contributed by atoms with Crippen molar-refractivity contribution in [1.29, 1.82) is 0 Å². The van der Waals surface area contributed by atoms with Gasteiger partial charge in [0.05, 0.1) is 0 Å². The monoisotopic (exact) mass is 278 g/mol. The Morgan fingerprint density at radius 3 is 1.88 bits per heavy atom. The zero-order valence-electron chi connectivity index (χ0n) is 10.8. The highest BCUT2D eigenvalue weighted by Gasteiger charge is 2.02. The number of nitrogens with two attached hydrogens (primary N) is 1. The second-order valence-corrected chi connectivity index (χ2v) is 4.02. The van der Waals surface area contributed by atoms with Crippen LogP contribution >= 0.6 is 24.8 Å². The lowest BCUT2D eigenvalue weighted by Gasteiger charge is -2.21. The van der Waals surface area contributed by atoms with Gasteiger partial charge in [-0.15, -0.1) is 24.8 Å². The summed E-state index contributed by atoms with van der Waals surface area (Å²) in [5.41, 5.74) is 8.38. The molecule has 1 aromatic carbocycles. The summed E-state index contributed by atoms with van der Waals surface area (Å²) in [6, 6.07) is 8.97. The summed E-state index contributed by atoms with van der Waals surface area (Å²) < 4.78 is 0. The van der Waals surface area contributed by atoms with Crippen molar-refractivity contribution >= 4 is 30.5 Å². The van der Waals surface area contributed by atoms with Crippen LogP contribution in [0.4, 0.5) is 5.69 Å². The average molecular weight is 279 g/mol. The SMILES string of the molecule is CCN(CC)c1ccc(CC(C)N)cc1.Cl.Cl. The molecule has 0 fully saturated rings. The van der Waals surface area contributed by atoms with E-state index in [4.69, 9.17) is 5.73 Å². The Morgan fingerprint density at radius 1 is 1.06 bits per heavy atom. The minimum Gasteiger partial charge on any atom is -0.372 e. The molecule has 0 aliphatic heterocycles. The molecule has 1 atom stereocenters. The van der Waals surface area contributed by atoms with Gasteiger partial charge in [-0.25, -0.2) is 0 Å². The minimum atomic E-state index is 0. The average Bonchev–Trinajstić information content (AvgIpc) is 2.21. The molecule has 17 heavy (non-hydrogen) atoms. The largest absolute Gasteiger partial charge is 0.372 e. The highest BCUT2D eigenvalue weighted by Crippen LogP contribution is 2.15. The van der Waals surface area contributed by atoms with E-state index in [-0.39, 0.29) is 30.9 Å². The van der Waals surface area contributed by atoms with Crippen LogP contribution in [-0.2, 0) is 6.42 Å². The van der Waals surface area contributed by atoms with Crippen LogP contribution in [0.25, 0.3) is 0 Å². The lowest BCUT2D eigenvalue weighted by molar-refractivity contribution is 0.738. The molecule has 0 saturated carbocycles. The molecule has 2 nitrogen and oxygen atoms in total. The van der Waals surface area contributed by atoms with Crippen LogP contribution in [0.15, 0.2) is 24.3 Å². The second-order valence-electron chi connectivity index (χ2n) is 4.02. The highest BCUT2D eigenvalue weighted by atomic mass is 35.5. The van der Waals surface area contributed by atoms with Gasteiger partial charge in [-0.05, 0) is 44.9 Å². The first-order valence-electron chi connectivity index (χ1n) is 5.76. The first-order valence-corrected chi connectivity index (χ1v) is 5.76. The zero-order chi connectivity index (χ0) is 11.3. The predicted octanol–water partition coefficient (Wildman–Crippen LogP) is 3.27. The maximum atomic E-state index is 5.76. The number of anilines is 1. The van der Waals surface area contributed by atoms with Crippen molar-refractivity contribution in [1.82, 2.24) is 0 Å². The summed E-state index contributed by atoms with van der Waals surface area (Å²) in [5.74, 6) is 0. The van der Waals surface area contributed by atoms with Gasteiger partial charge in [0, 0.05) is 24.8 Å². The number of rotatable bonds is 5. The highest BCUT2D eigenvalue weighted by molar-refractivity contribution is 5.85. The maximum Gasteiger partial charge on any atom is 0.0366 e. The van der Waals surface area contributed by atoms with E-state index in [2.05, 4.69) is 43.0 Å². The van der Waals surface area contributed by atoms with Crippen LogP contribution in [0.2, 0.25) is 0 Å². The first kappa shape index (κ1) is 18.9. The van der Waals surface area contributed by atoms with Gasteiger partial charge >= 0.3 is 0 Å². The van der Waals surface area contributed by atoms with E-state index in [1.165, 1.54) is 11.3 Å². The summed E-state index contributed by atoms with van der Waals surface area (Å²) in [6.07, 6.45) is 0.957. The molecule has 1 aromatic rings. The molecule has 0 bridgehead atoms. The minimum absolute atomic E-state index is 0. The van der Waals surface area contributed by atoms with E-state index in [0.717, 1.165) is 19.5 Å². The summed E-state index contributed by atoms with van der Waals surface area (Å²) in [6.45, 7) is 8.52. The quantitative estimate of drug-likeness (QED) is 0.896. The molecular formula is C13H24Cl2N2. The van der Waals surface area contributed by atoms with Gasteiger partial charge in [0.2, 0.25) is 0 Å². The van der Waals surface area contributed by atoms with Crippen molar-refractivity contribution in [3.05, 3.63) is 29.8 Å². The smallest absolute Gasteiger partial charge is 0.0366 e. The van der Waals surface area contributed by atoms with E-state index in [1.54, 1.807) is 0 Å². The van der Waals surface area contributed by atoms with Crippen LogP contribution < -0.4 is 10.6 Å². The van der Waals surface area contributed by atoms with Crippen LogP contribution in [0, 0.1) is 0 Å². The third-order valence-corrected chi connectivity index (χ3v) is 2.62. The van der Waals surface area contributed by atoms with Crippen molar-refractivity contribution in [3.63, 3.8) is 0 Å². The number of benzene rings is 1. The molecule has 0 aliphatic carbocycles.